The molecule has 0 radical (unpaired) electrons. The Morgan fingerprint density at radius 3 is 2.76 bits per heavy atom. The monoisotopic (exact) mass is 342 g/mol. The molecule has 3 rings (SSSR count). The van der Waals surface area contributed by atoms with Crippen molar-refractivity contribution in [2.45, 2.75) is 51.8 Å². The standard InChI is InChI=1S/C21H30N2O2/c1-17(2)25-20-6-3-5-18(15-20)8-11-22-19-9-12-23(13-10-19)16-21-7-4-14-24-21/h3-7,14-15,17,19,22H,8-13,16H2,1-2H3. The first kappa shape index (κ1) is 18.0. The van der Waals surface area contributed by atoms with E-state index in [1.54, 1.807) is 6.26 Å². The molecule has 1 aliphatic rings. The molecule has 4 nitrogen and oxygen atoms in total. The van der Waals surface area contributed by atoms with Gasteiger partial charge in [0.25, 0.3) is 0 Å². The van der Waals surface area contributed by atoms with E-state index in [1.807, 2.05) is 12.1 Å². The molecule has 0 atom stereocenters. The first-order chi connectivity index (χ1) is 12.2. The van der Waals surface area contributed by atoms with Crippen molar-refractivity contribution in [1.29, 1.82) is 0 Å². The van der Waals surface area contributed by atoms with Crippen LogP contribution in [0.2, 0.25) is 0 Å². The number of rotatable bonds is 8. The average Bonchev–Trinajstić information content (AvgIpc) is 3.09. The van der Waals surface area contributed by atoms with Crippen LogP contribution in [0, 0.1) is 0 Å². The summed E-state index contributed by atoms with van der Waals surface area (Å²) >= 11 is 0. The number of nitrogens with one attached hydrogen (secondary N) is 1. The number of hydrogen-bond acceptors (Lipinski definition) is 4. The van der Waals surface area contributed by atoms with Gasteiger partial charge in [0.15, 0.2) is 0 Å². The molecule has 0 bridgehead atoms. The summed E-state index contributed by atoms with van der Waals surface area (Å²) in [5, 5.41) is 3.72. The van der Waals surface area contributed by atoms with Crippen molar-refractivity contribution < 1.29 is 9.15 Å². The highest BCUT2D eigenvalue weighted by molar-refractivity contribution is 5.28. The number of piperidine rings is 1. The highest BCUT2D eigenvalue weighted by Gasteiger charge is 2.19. The lowest BCUT2D eigenvalue weighted by molar-refractivity contribution is 0.179. The fraction of sp³-hybridized carbons (Fsp3) is 0.524. The highest BCUT2D eigenvalue weighted by Crippen LogP contribution is 2.16. The van der Waals surface area contributed by atoms with Crippen LogP contribution in [0.4, 0.5) is 0 Å². The van der Waals surface area contributed by atoms with Crippen LogP contribution in [0.15, 0.2) is 47.1 Å². The van der Waals surface area contributed by atoms with Crippen LogP contribution in [-0.4, -0.2) is 36.7 Å². The Morgan fingerprint density at radius 1 is 1.20 bits per heavy atom. The molecule has 25 heavy (non-hydrogen) atoms. The summed E-state index contributed by atoms with van der Waals surface area (Å²) in [5.41, 5.74) is 1.33. The van der Waals surface area contributed by atoms with Gasteiger partial charge < -0.3 is 14.5 Å². The SMILES string of the molecule is CC(C)Oc1cccc(CCNC2CCN(Cc3ccco3)CC2)c1. The van der Waals surface area contributed by atoms with Gasteiger partial charge in [0.1, 0.15) is 11.5 Å². The average molecular weight is 342 g/mol. The third-order valence-electron chi connectivity index (χ3n) is 4.66. The Bertz CT molecular complexity index is 617. The van der Waals surface area contributed by atoms with E-state index in [0.29, 0.717) is 6.04 Å². The van der Waals surface area contributed by atoms with E-state index < -0.39 is 0 Å². The Hall–Kier alpha value is -1.78. The molecule has 1 aromatic heterocycles. The van der Waals surface area contributed by atoms with E-state index in [-0.39, 0.29) is 6.10 Å². The summed E-state index contributed by atoms with van der Waals surface area (Å²) in [4.78, 5) is 2.48. The molecule has 1 N–H and O–H groups in total. The molecule has 1 saturated heterocycles. The smallest absolute Gasteiger partial charge is 0.119 e. The topological polar surface area (TPSA) is 37.6 Å². The van der Waals surface area contributed by atoms with Gasteiger partial charge in [-0.1, -0.05) is 12.1 Å². The molecule has 0 saturated carbocycles. The summed E-state index contributed by atoms with van der Waals surface area (Å²) in [5.74, 6) is 2.04. The minimum Gasteiger partial charge on any atom is -0.491 e. The molecule has 0 aliphatic carbocycles. The van der Waals surface area contributed by atoms with Crippen molar-refractivity contribution in [2.24, 2.45) is 0 Å². The maximum atomic E-state index is 5.77. The van der Waals surface area contributed by atoms with Gasteiger partial charge in [0.2, 0.25) is 0 Å². The van der Waals surface area contributed by atoms with Crippen LogP contribution in [0.3, 0.4) is 0 Å². The van der Waals surface area contributed by atoms with Crippen LogP contribution in [0.5, 0.6) is 5.75 Å². The summed E-state index contributed by atoms with van der Waals surface area (Å²) in [7, 11) is 0. The Labute approximate surface area is 151 Å². The first-order valence-corrected chi connectivity index (χ1v) is 9.43. The fourth-order valence-electron chi connectivity index (χ4n) is 3.39. The second-order valence-electron chi connectivity index (χ2n) is 7.15. The van der Waals surface area contributed by atoms with Crippen LogP contribution in [0.25, 0.3) is 0 Å². The molecule has 2 aromatic rings. The first-order valence-electron chi connectivity index (χ1n) is 9.43. The molecular weight excluding hydrogens is 312 g/mol. The third-order valence-corrected chi connectivity index (χ3v) is 4.66. The lowest BCUT2D eigenvalue weighted by atomic mass is 10.0. The van der Waals surface area contributed by atoms with Crippen molar-refractivity contribution >= 4 is 0 Å². The van der Waals surface area contributed by atoms with Crippen molar-refractivity contribution in [3.63, 3.8) is 0 Å². The van der Waals surface area contributed by atoms with Gasteiger partial charge in [0, 0.05) is 19.1 Å². The van der Waals surface area contributed by atoms with Crippen molar-refractivity contribution in [3.05, 3.63) is 54.0 Å². The molecule has 0 amide bonds. The second-order valence-corrected chi connectivity index (χ2v) is 7.15. The quantitative estimate of drug-likeness (QED) is 0.790. The number of hydrogen-bond donors (Lipinski definition) is 1. The second kappa shape index (κ2) is 9.07. The summed E-state index contributed by atoms with van der Waals surface area (Å²) in [6.07, 6.45) is 5.43. The van der Waals surface area contributed by atoms with Gasteiger partial charge >= 0.3 is 0 Å². The highest BCUT2D eigenvalue weighted by atomic mass is 16.5. The van der Waals surface area contributed by atoms with Crippen LogP contribution < -0.4 is 10.1 Å². The Balaban J connectivity index is 1.36. The van der Waals surface area contributed by atoms with Crippen molar-refractivity contribution in [3.8, 4) is 5.75 Å². The molecule has 4 heteroatoms. The van der Waals surface area contributed by atoms with Crippen molar-refractivity contribution in [1.82, 2.24) is 10.2 Å². The van der Waals surface area contributed by atoms with E-state index in [4.69, 9.17) is 9.15 Å². The van der Waals surface area contributed by atoms with E-state index in [1.165, 1.54) is 18.4 Å². The summed E-state index contributed by atoms with van der Waals surface area (Å²) < 4.78 is 11.2. The number of furan rings is 1. The molecule has 136 valence electrons. The Morgan fingerprint density at radius 2 is 2.04 bits per heavy atom. The molecule has 2 heterocycles. The number of ether oxygens (including phenoxy) is 1. The minimum atomic E-state index is 0.222. The van der Waals surface area contributed by atoms with Gasteiger partial charge in [-0.05, 0) is 69.5 Å². The summed E-state index contributed by atoms with van der Waals surface area (Å²) in [6, 6.07) is 13.1. The normalized spacial score (nSPS) is 16.4. The van der Waals surface area contributed by atoms with Gasteiger partial charge in [-0.25, -0.2) is 0 Å². The maximum absolute atomic E-state index is 5.77. The summed E-state index contributed by atoms with van der Waals surface area (Å²) in [6.45, 7) is 8.35. The van der Waals surface area contributed by atoms with Crippen molar-refractivity contribution in [2.75, 3.05) is 19.6 Å². The molecule has 0 spiro atoms. The van der Waals surface area contributed by atoms with E-state index in [0.717, 1.165) is 44.1 Å². The van der Waals surface area contributed by atoms with Gasteiger partial charge in [-0.3, -0.25) is 4.90 Å². The zero-order valence-corrected chi connectivity index (χ0v) is 15.4. The van der Waals surface area contributed by atoms with E-state index >= 15 is 0 Å². The zero-order chi connectivity index (χ0) is 17.5. The third kappa shape index (κ3) is 5.91. The Kier molecular flexibility index (Phi) is 6.54. The number of nitrogens with zero attached hydrogens (tertiary/aromatic N) is 1. The van der Waals surface area contributed by atoms with E-state index in [9.17, 15) is 0 Å². The van der Waals surface area contributed by atoms with Gasteiger partial charge in [0.05, 0.1) is 18.9 Å². The molecule has 1 aromatic carbocycles. The van der Waals surface area contributed by atoms with Crippen LogP contribution in [-0.2, 0) is 13.0 Å². The lowest BCUT2D eigenvalue weighted by Crippen LogP contribution is -2.42. The van der Waals surface area contributed by atoms with Crippen LogP contribution >= 0.6 is 0 Å². The molecule has 1 aliphatic heterocycles. The van der Waals surface area contributed by atoms with E-state index in [2.05, 4.69) is 48.3 Å². The molecule has 0 unspecified atom stereocenters. The number of benzene rings is 1. The van der Waals surface area contributed by atoms with Gasteiger partial charge in [-0.15, -0.1) is 0 Å². The van der Waals surface area contributed by atoms with Crippen LogP contribution in [0.1, 0.15) is 38.0 Å². The predicted octanol–water partition coefficient (Wildman–Crippen LogP) is 3.86. The number of likely N-dealkylation sites (tertiary alicyclic amines) is 1. The van der Waals surface area contributed by atoms with Gasteiger partial charge in [-0.2, -0.15) is 0 Å². The molecule has 1 fully saturated rings. The predicted molar refractivity (Wildman–Crippen MR) is 101 cm³/mol. The minimum absolute atomic E-state index is 0.222. The zero-order valence-electron chi connectivity index (χ0n) is 15.4. The maximum Gasteiger partial charge on any atom is 0.119 e. The fourth-order valence-corrected chi connectivity index (χ4v) is 3.39. The molecular formula is C21H30N2O2. The lowest BCUT2D eigenvalue weighted by Gasteiger charge is -2.31. The largest absolute Gasteiger partial charge is 0.491 e.